The first-order valence-electron chi connectivity index (χ1n) is 6.34. The van der Waals surface area contributed by atoms with Crippen LogP contribution in [-0.2, 0) is 24.6 Å². The quantitative estimate of drug-likeness (QED) is 0.828. The van der Waals surface area contributed by atoms with E-state index in [-0.39, 0.29) is 12.1 Å². The summed E-state index contributed by atoms with van der Waals surface area (Å²) in [4.78, 5) is 11.7. The fourth-order valence-corrected chi connectivity index (χ4v) is 2.24. The number of alkyl carbamates (subject to hydrolysis) is 1. The highest BCUT2D eigenvalue weighted by molar-refractivity contribution is 5.68. The average Bonchev–Trinajstić information content (AvgIpc) is 2.57. The molecule has 5 nitrogen and oxygen atoms in total. The van der Waals surface area contributed by atoms with Crippen molar-refractivity contribution in [3.05, 3.63) is 17.5 Å². The van der Waals surface area contributed by atoms with Crippen molar-refractivity contribution in [2.75, 3.05) is 0 Å². The lowest BCUT2D eigenvalue weighted by atomic mass is 9.94. The van der Waals surface area contributed by atoms with Crippen LogP contribution in [0.5, 0.6) is 0 Å². The standard InChI is InChI=1S/C13H21N3O2/c1-13(2,3)18-12(17)15-10-6-5-9-8-14-16(4)11(9)7-10/h8,10H,5-7H2,1-4H3,(H,15,17)/t10-/m0/s1. The summed E-state index contributed by atoms with van der Waals surface area (Å²) >= 11 is 0. The molecule has 1 N–H and O–H groups in total. The molecule has 0 aromatic carbocycles. The van der Waals surface area contributed by atoms with Crippen LogP contribution in [0.15, 0.2) is 6.20 Å². The SMILES string of the molecule is Cn1ncc2c1C[C@@H](NC(=O)OC(C)(C)C)CC2. The van der Waals surface area contributed by atoms with Crippen LogP contribution in [0, 0.1) is 0 Å². The number of aryl methyl sites for hydroxylation is 2. The van der Waals surface area contributed by atoms with Crippen LogP contribution in [0.1, 0.15) is 38.4 Å². The summed E-state index contributed by atoms with van der Waals surface area (Å²) in [5.41, 5.74) is 2.05. The van der Waals surface area contributed by atoms with Gasteiger partial charge in [-0.15, -0.1) is 0 Å². The van der Waals surface area contributed by atoms with E-state index in [0.29, 0.717) is 0 Å². The molecule has 0 radical (unpaired) electrons. The maximum atomic E-state index is 11.7. The molecule has 1 aromatic heterocycles. The highest BCUT2D eigenvalue weighted by Crippen LogP contribution is 2.20. The zero-order valence-corrected chi connectivity index (χ0v) is 11.5. The summed E-state index contributed by atoms with van der Waals surface area (Å²) in [5.74, 6) is 0. The zero-order chi connectivity index (χ0) is 13.3. The Morgan fingerprint density at radius 3 is 2.94 bits per heavy atom. The smallest absolute Gasteiger partial charge is 0.407 e. The number of fused-ring (bicyclic) bond motifs is 1. The Morgan fingerprint density at radius 1 is 1.56 bits per heavy atom. The molecule has 0 spiro atoms. The van der Waals surface area contributed by atoms with Crippen LogP contribution in [0.2, 0.25) is 0 Å². The van der Waals surface area contributed by atoms with Crippen LogP contribution >= 0.6 is 0 Å². The molecule has 1 amide bonds. The van der Waals surface area contributed by atoms with Gasteiger partial charge in [0, 0.05) is 25.2 Å². The predicted octanol–water partition coefficient (Wildman–Crippen LogP) is 1.80. The second-order valence-electron chi connectivity index (χ2n) is 5.83. The van der Waals surface area contributed by atoms with Gasteiger partial charge in [-0.05, 0) is 39.2 Å². The van der Waals surface area contributed by atoms with Crippen LogP contribution < -0.4 is 5.32 Å². The minimum Gasteiger partial charge on any atom is -0.444 e. The molecule has 5 heteroatoms. The molecule has 1 atom stereocenters. The van der Waals surface area contributed by atoms with Gasteiger partial charge in [0.2, 0.25) is 0 Å². The Kier molecular flexibility index (Phi) is 3.32. The van der Waals surface area contributed by atoms with E-state index in [4.69, 9.17) is 4.74 Å². The van der Waals surface area contributed by atoms with E-state index >= 15 is 0 Å². The van der Waals surface area contributed by atoms with Crippen molar-refractivity contribution >= 4 is 6.09 Å². The first-order valence-corrected chi connectivity index (χ1v) is 6.34. The minimum atomic E-state index is -0.448. The molecule has 0 unspecified atom stereocenters. The molecule has 0 bridgehead atoms. The van der Waals surface area contributed by atoms with Crippen molar-refractivity contribution in [2.24, 2.45) is 7.05 Å². The molecule has 1 aliphatic carbocycles. The Bertz CT molecular complexity index is 446. The Hall–Kier alpha value is -1.52. The molecular weight excluding hydrogens is 230 g/mol. The number of amides is 1. The van der Waals surface area contributed by atoms with Crippen LogP contribution in [-0.4, -0.2) is 27.5 Å². The predicted molar refractivity (Wildman–Crippen MR) is 68.4 cm³/mol. The van der Waals surface area contributed by atoms with Crippen LogP contribution in [0.4, 0.5) is 4.79 Å². The van der Waals surface area contributed by atoms with E-state index in [0.717, 1.165) is 19.3 Å². The number of carbonyl (C=O) groups is 1. The molecule has 1 heterocycles. The lowest BCUT2D eigenvalue weighted by Gasteiger charge is -2.26. The number of carbonyl (C=O) groups excluding carboxylic acids is 1. The summed E-state index contributed by atoms with van der Waals surface area (Å²) in [6.45, 7) is 5.60. The number of nitrogens with zero attached hydrogens (tertiary/aromatic N) is 2. The van der Waals surface area contributed by atoms with Crippen LogP contribution in [0.25, 0.3) is 0 Å². The largest absolute Gasteiger partial charge is 0.444 e. The van der Waals surface area contributed by atoms with Gasteiger partial charge in [-0.2, -0.15) is 5.10 Å². The van der Waals surface area contributed by atoms with Gasteiger partial charge in [0.25, 0.3) is 0 Å². The van der Waals surface area contributed by atoms with Gasteiger partial charge >= 0.3 is 6.09 Å². The maximum absolute atomic E-state index is 11.7. The van der Waals surface area contributed by atoms with E-state index in [9.17, 15) is 4.79 Å². The monoisotopic (exact) mass is 251 g/mol. The highest BCUT2D eigenvalue weighted by atomic mass is 16.6. The second kappa shape index (κ2) is 4.63. The Balaban J connectivity index is 1.94. The Morgan fingerprint density at radius 2 is 2.28 bits per heavy atom. The fourth-order valence-electron chi connectivity index (χ4n) is 2.24. The summed E-state index contributed by atoms with van der Waals surface area (Å²) in [7, 11) is 1.94. The van der Waals surface area contributed by atoms with E-state index in [1.807, 2.05) is 38.7 Å². The number of aromatic nitrogens is 2. The third kappa shape index (κ3) is 3.03. The van der Waals surface area contributed by atoms with E-state index in [2.05, 4.69) is 10.4 Å². The zero-order valence-electron chi connectivity index (χ0n) is 11.5. The van der Waals surface area contributed by atoms with Crippen molar-refractivity contribution in [3.8, 4) is 0 Å². The Labute approximate surface area is 108 Å². The molecule has 100 valence electrons. The average molecular weight is 251 g/mol. The van der Waals surface area contributed by atoms with Gasteiger partial charge < -0.3 is 10.1 Å². The maximum Gasteiger partial charge on any atom is 0.407 e. The summed E-state index contributed by atoms with van der Waals surface area (Å²) in [6, 6.07) is 0.141. The molecular formula is C13H21N3O2. The molecule has 0 aliphatic heterocycles. The van der Waals surface area contributed by atoms with Crippen LogP contribution in [0.3, 0.4) is 0 Å². The van der Waals surface area contributed by atoms with Gasteiger partial charge in [0.15, 0.2) is 0 Å². The first kappa shape index (κ1) is 12.9. The van der Waals surface area contributed by atoms with Gasteiger partial charge in [0.1, 0.15) is 5.60 Å². The molecule has 0 fully saturated rings. The van der Waals surface area contributed by atoms with E-state index < -0.39 is 5.60 Å². The minimum absolute atomic E-state index is 0.141. The lowest BCUT2D eigenvalue weighted by Crippen LogP contribution is -2.42. The topological polar surface area (TPSA) is 56.2 Å². The van der Waals surface area contributed by atoms with Crippen molar-refractivity contribution in [1.29, 1.82) is 0 Å². The molecule has 1 aromatic rings. The number of rotatable bonds is 1. The number of ether oxygens (including phenoxy) is 1. The summed E-state index contributed by atoms with van der Waals surface area (Å²) in [5, 5.41) is 7.18. The molecule has 18 heavy (non-hydrogen) atoms. The normalized spacial score (nSPS) is 19.2. The summed E-state index contributed by atoms with van der Waals surface area (Å²) < 4.78 is 7.15. The van der Waals surface area contributed by atoms with Gasteiger partial charge in [-0.25, -0.2) is 4.79 Å². The highest BCUT2D eigenvalue weighted by Gasteiger charge is 2.25. The third-order valence-electron chi connectivity index (χ3n) is 3.07. The van der Waals surface area contributed by atoms with Gasteiger partial charge in [-0.1, -0.05) is 0 Å². The van der Waals surface area contributed by atoms with Crippen molar-refractivity contribution in [3.63, 3.8) is 0 Å². The third-order valence-corrected chi connectivity index (χ3v) is 3.07. The number of hydrogen-bond acceptors (Lipinski definition) is 3. The van der Waals surface area contributed by atoms with Crippen molar-refractivity contribution in [2.45, 2.75) is 51.7 Å². The fraction of sp³-hybridized carbons (Fsp3) is 0.692. The van der Waals surface area contributed by atoms with Gasteiger partial charge in [0.05, 0.1) is 6.20 Å². The number of hydrogen-bond donors (Lipinski definition) is 1. The second-order valence-corrected chi connectivity index (χ2v) is 5.83. The molecule has 0 saturated carbocycles. The van der Waals surface area contributed by atoms with E-state index in [1.165, 1.54) is 11.3 Å². The van der Waals surface area contributed by atoms with Crippen molar-refractivity contribution in [1.82, 2.24) is 15.1 Å². The molecule has 2 rings (SSSR count). The summed E-state index contributed by atoms with van der Waals surface area (Å²) in [6.07, 6.45) is 4.31. The molecule has 0 saturated heterocycles. The first-order chi connectivity index (χ1) is 8.35. The lowest BCUT2D eigenvalue weighted by molar-refractivity contribution is 0.0499. The molecule has 1 aliphatic rings. The van der Waals surface area contributed by atoms with E-state index in [1.54, 1.807) is 0 Å². The van der Waals surface area contributed by atoms with Crippen molar-refractivity contribution < 1.29 is 9.53 Å². The van der Waals surface area contributed by atoms with Gasteiger partial charge in [-0.3, -0.25) is 4.68 Å². The number of nitrogens with one attached hydrogen (secondary N) is 1.